The van der Waals surface area contributed by atoms with Gasteiger partial charge >= 0.3 is 0 Å². The zero-order valence-corrected chi connectivity index (χ0v) is 12.2. The van der Waals surface area contributed by atoms with E-state index in [0.717, 1.165) is 11.1 Å². The number of aryl methyl sites for hydroxylation is 1. The number of sulfonamides is 1. The highest BCUT2D eigenvalue weighted by Gasteiger charge is 2.10. The Labute approximate surface area is 124 Å². The molecule has 21 heavy (non-hydrogen) atoms. The molecule has 0 aliphatic carbocycles. The van der Waals surface area contributed by atoms with E-state index in [1.54, 1.807) is 48.8 Å². The summed E-state index contributed by atoms with van der Waals surface area (Å²) in [7, 11) is -3.33. The van der Waals surface area contributed by atoms with Crippen molar-refractivity contribution >= 4 is 10.0 Å². The quantitative estimate of drug-likeness (QED) is 0.878. The predicted octanol–water partition coefficient (Wildman–Crippen LogP) is 1.62. The Morgan fingerprint density at radius 3 is 2.33 bits per heavy atom. The second kappa shape index (κ2) is 6.97. The first kappa shape index (κ1) is 15.2. The first-order valence-electron chi connectivity index (χ1n) is 6.44. The normalized spacial score (nSPS) is 11.0. The van der Waals surface area contributed by atoms with Crippen LogP contribution in [0.3, 0.4) is 0 Å². The molecule has 0 radical (unpaired) electrons. The summed E-state index contributed by atoms with van der Waals surface area (Å²) in [6, 6.07) is 12.4. The molecule has 5 nitrogen and oxygen atoms in total. The van der Waals surface area contributed by atoms with Gasteiger partial charge in [0.15, 0.2) is 0 Å². The van der Waals surface area contributed by atoms with E-state index in [2.05, 4.69) is 9.71 Å². The van der Waals surface area contributed by atoms with Crippen LogP contribution in [-0.2, 0) is 23.0 Å². The van der Waals surface area contributed by atoms with Gasteiger partial charge in [0.25, 0.3) is 0 Å². The number of aromatic nitrogens is 1. The Bertz CT molecular complexity index is 720. The van der Waals surface area contributed by atoms with Crippen LogP contribution in [0, 0.1) is 11.3 Å². The number of nitriles is 1. The molecule has 1 N–H and O–H groups in total. The standard InChI is InChI=1S/C15H15N3O2S/c16-11-14-1-3-15(4-2-14)12-18-21(19,20)10-7-13-5-8-17-9-6-13/h1-6,8-9,18H,7,10,12H2. The summed E-state index contributed by atoms with van der Waals surface area (Å²) in [4.78, 5) is 3.89. The van der Waals surface area contributed by atoms with Gasteiger partial charge in [-0.2, -0.15) is 5.26 Å². The zero-order chi connectivity index (χ0) is 15.1. The molecule has 1 aromatic heterocycles. The molecule has 0 saturated carbocycles. The fraction of sp³-hybridized carbons (Fsp3) is 0.200. The van der Waals surface area contributed by atoms with Gasteiger partial charge in [0.05, 0.1) is 17.4 Å². The van der Waals surface area contributed by atoms with Crippen molar-refractivity contribution in [1.82, 2.24) is 9.71 Å². The lowest BCUT2D eigenvalue weighted by atomic mass is 10.1. The maximum Gasteiger partial charge on any atom is 0.212 e. The van der Waals surface area contributed by atoms with E-state index in [1.165, 1.54) is 0 Å². The van der Waals surface area contributed by atoms with Crippen molar-refractivity contribution in [3.8, 4) is 6.07 Å². The summed E-state index contributed by atoms with van der Waals surface area (Å²) in [5.41, 5.74) is 2.31. The largest absolute Gasteiger partial charge is 0.265 e. The summed E-state index contributed by atoms with van der Waals surface area (Å²) in [5, 5.41) is 8.70. The lowest BCUT2D eigenvalue weighted by Crippen LogP contribution is -2.26. The highest BCUT2D eigenvalue weighted by molar-refractivity contribution is 7.89. The van der Waals surface area contributed by atoms with Crippen LogP contribution in [0.15, 0.2) is 48.8 Å². The molecule has 0 bridgehead atoms. The van der Waals surface area contributed by atoms with E-state index < -0.39 is 10.0 Å². The minimum absolute atomic E-state index is 0.0350. The van der Waals surface area contributed by atoms with Crippen molar-refractivity contribution in [1.29, 1.82) is 5.26 Å². The van der Waals surface area contributed by atoms with Gasteiger partial charge in [0.1, 0.15) is 0 Å². The van der Waals surface area contributed by atoms with Crippen LogP contribution in [0.5, 0.6) is 0 Å². The van der Waals surface area contributed by atoms with Gasteiger partial charge in [-0.15, -0.1) is 0 Å². The van der Waals surface area contributed by atoms with E-state index in [1.807, 2.05) is 6.07 Å². The predicted molar refractivity (Wildman–Crippen MR) is 79.7 cm³/mol. The Hall–Kier alpha value is -2.23. The minimum atomic E-state index is -3.33. The number of pyridine rings is 1. The Morgan fingerprint density at radius 2 is 1.71 bits per heavy atom. The first-order valence-corrected chi connectivity index (χ1v) is 8.09. The Morgan fingerprint density at radius 1 is 1.05 bits per heavy atom. The maximum atomic E-state index is 11.9. The molecule has 0 fully saturated rings. The monoisotopic (exact) mass is 301 g/mol. The zero-order valence-electron chi connectivity index (χ0n) is 11.4. The first-order chi connectivity index (χ1) is 10.1. The third-order valence-corrected chi connectivity index (χ3v) is 4.31. The molecular formula is C15H15N3O2S. The molecule has 0 aliphatic rings. The molecule has 0 atom stereocenters. The van der Waals surface area contributed by atoms with E-state index >= 15 is 0 Å². The van der Waals surface area contributed by atoms with Crippen LogP contribution in [0.25, 0.3) is 0 Å². The molecule has 0 saturated heterocycles. The van der Waals surface area contributed by atoms with Crippen LogP contribution in [0.1, 0.15) is 16.7 Å². The van der Waals surface area contributed by atoms with E-state index in [0.29, 0.717) is 12.0 Å². The highest BCUT2D eigenvalue weighted by Crippen LogP contribution is 2.04. The second-order valence-corrected chi connectivity index (χ2v) is 6.48. The fourth-order valence-electron chi connectivity index (χ4n) is 1.76. The van der Waals surface area contributed by atoms with E-state index in [4.69, 9.17) is 5.26 Å². The molecule has 2 rings (SSSR count). The molecule has 1 heterocycles. The third-order valence-electron chi connectivity index (χ3n) is 2.99. The molecule has 0 spiro atoms. The molecule has 1 aromatic carbocycles. The maximum absolute atomic E-state index is 11.9. The van der Waals surface area contributed by atoms with Gasteiger partial charge in [0.2, 0.25) is 10.0 Å². The van der Waals surface area contributed by atoms with Crippen molar-refractivity contribution in [3.63, 3.8) is 0 Å². The van der Waals surface area contributed by atoms with Gasteiger partial charge in [-0.05, 0) is 41.8 Å². The number of hydrogen-bond acceptors (Lipinski definition) is 4. The van der Waals surface area contributed by atoms with Crippen molar-refractivity contribution in [2.75, 3.05) is 5.75 Å². The van der Waals surface area contributed by atoms with E-state index in [9.17, 15) is 8.42 Å². The van der Waals surface area contributed by atoms with E-state index in [-0.39, 0.29) is 12.3 Å². The molecule has 0 aliphatic heterocycles. The van der Waals surface area contributed by atoms with Gasteiger partial charge in [-0.1, -0.05) is 12.1 Å². The number of rotatable bonds is 6. The lowest BCUT2D eigenvalue weighted by molar-refractivity contribution is 0.580. The molecule has 0 unspecified atom stereocenters. The summed E-state index contributed by atoms with van der Waals surface area (Å²) in [6.45, 7) is 0.227. The number of nitrogens with one attached hydrogen (secondary N) is 1. The number of nitrogens with zero attached hydrogens (tertiary/aromatic N) is 2. The average Bonchev–Trinajstić information content (AvgIpc) is 2.53. The summed E-state index contributed by atoms with van der Waals surface area (Å²) in [5.74, 6) is 0.0350. The topological polar surface area (TPSA) is 82.9 Å². The van der Waals surface area contributed by atoms with Gasteiger partial charge < -0.3 is 0 Å². The molecule has 2 aromatic rings. The van der Waals surface area contributed by atoms with Crippen LogP contribution in [-0.4, -0.2) is 19.2 Å². The van der Waals surface area contributed by atoms with Crippen LogP contribution in [0.2, 0.25) is 0 Å². The fourth-order valence-corrected chi connectivity index (χ4v) is 2.80. The smallest absolute Gasteiger partial charge is 0.212 e. The Kier molecular flexibility index (Phi) is 5.04. The van der Waals surface area contributed by atoms with Crippen molar-refractivity contribution in [2.45, 2.75) is 13.0 Å². The summed E-state index contributed by atoms with van der Waals surface area (Å²) < 4.78 is 26.4. The summed E-state index contributed by atoms with van der Waals surface area (Å²) in [6.07, 6.45) is 3.74. The van der Waals surface area contributed by atoms with Gasteiger partial charge in [-0.3, -0.25) is 4.98 Å². The third kappa shape index (κ3) is 4.99. The molecule has 6 heteroatoms. The average molecular weight is 301 g/mol. The molecule has 108 valence electrons. The van der Waals surface area contributed by atoms with Crippen molar-refractivity contribution in [2.24, 2.45) is 0 Å². The molecular weight excluding hydrogens is 286 g/mol. The van der Waals surface area contributed by atoms with Crippen LogP contribution < -0.4 is 4.72 Å². The summed E-state index contributed by atoms with van der Waals surface area (Å²) >= 11 is 0. The Balaban J connectivity index is 1.87. The van der Waals surface area contributed by atoms with Crippen molar-refractivity contribution < 1.29 is 8.42 Å². The SMILES string of the molecule is N#Cc1ccc(CNS(=O)(=O)CCc2ccncc2)cc1. The lowest BCUT2D eigenvalue weighted by Gasteiger charge is -2.07. The minimum Gasteiger partial charge on any atom is -0.265 e. The van der Waals surface area contributed by atoms with Crippen LogP contribution >= 0.6 is 0 Å². The van der Waals surface area contributed by atoms with Gasteiger partial charge in [0, 0.05) is 18.9 Å². The second-order valence-electron chi connectivity index (χ2n) is 4.55. The van der Waals surface area contributed by atoms with Gasteiger partial charge in [-0.25, -0.2) is 13.1 Å². The molecule has 0 amide bonds. The van der Waals surface area contributed by atoms with Crippen molar-refractivity contribution in [3.05, 3.63) is 65.5 Å². The number of hydrogen-bond donors (Lipinski definition) is 1. The number of benzene rings is 1. The highest BCUT2D eigenvalue weighted by atomic mass is 32.2. The van der Waals surface area contributed by atoms with Crippen LogP contribution in [0.4, 0.5) is 0 Å².